The van der Waals surface area contributed by atoms with E-state index < -0.39 is 0 Å². The average Bonchev–Trinajstić information content (AvgIpc) is 2.50. The van der Waals surface area contributed by atoms with Gasteiger partial charge in [-0.05, 0) is 30.5 Å². The summed E-state index contributed by atoms with van der Waals surface area (Å²) in [5.74, 6) is -0.0945. The molecule has 0 saturated carbocycles. The van der Waals surface area contributed by atoms with Gasteiger partial charge in [0, 0.05) is 19.7 Å². The molecule has 116 valence electrons. The number of hydrogen-bond acceptors (Lipinski definition) is 3. The Morgan fingerprint density at radius 3 is 2.81 bits per heavy atom. The first-order valence-corrected chi connectivity index (χ1v) is 7.78. The van der Waals surface area contributed by atoms with Gasteiger partial charge in [-0.3, -0.25) is 4.79 Å². The molecule has 1 heterocycles. The minimum Gasteiger partial charge on any atom is -0.395 e. The van der Waals surface area contributed by atoms with Crippen LogP contribution >= 0.6 is 23.2 Å². The van der Waals surface area contributed by atoms with Crippen LogP contribution in [0.4, 0.5) is 0 Å². The van der Waals surface area contributed by atoms with Crippen LogP contribution in [0.5, 0.6) is 0 Å². The summed E-state index contributed by atoms with van der Waals surface area (Å²) in [6.45, 7) is 1.82. The second-order valence-corrected chi connectivity index (χ2v) is 5.96. The molecule has 0 spiro atoms. The molecule has 1 N–H and O–H groups in total. The van der Waals surface area contributed by atoms with Crippen LogP contribution in [0.3, 0.4) is 0 Å². The van der Waals surface area contributed by atoms with Gasteiger partial charge < -0.3 is 14.7 Å². The summed E-state index contributed by atoms with van der Waals surface area (Å²) >= 11 is 11.9. The van der Waals surface area contributed by atoms with Crippen molar-refractivity contribution in [1.29, 1.82) is 0 Å². The van der Waals surface area contributed by atoms with Crippen LogP contribution in [0.2, 0.25) is 10.0 Å². The van der Waals surface area contributed by atoms with Gasteiger partial charge in [0.15, 0.2) is 0 Å². The molecule has 1 aliphatic heterocycles. The Morgan fingerprint density at radius 2 is 2.19 bits per heavy atom. The van der Waals surface area contributed by atoms with Gasteiger partial charge in [-0.2, -0.15) is 0 Å². The third kappa shape index (κ3) is 4.58. The van der Waals surface area contributed by atoms with E-state index in [-0.39, 0.29) is 18.4 Å². The minimum absolute atomic E-state index is 0.0230. The maximum Gasteiger partial charge on any atom is 0.228 e. The molecule has 6 heteroatoms. The summed E-state index contributed by atoms with van der Waals surface area (Å²) in [6.07, 6.45) is 1.73. The number of rotatable bonds is 5. The first-order chi connectivity index (χ1) is 10.1. The Bertz CT molecular complexity index is 490. The molecule has 1 amide bonds. The molecule has 0 aromatic heterocycles. The van der Waals surface area contributed by atoms with Crippen molar-refractivity contribution in [3.63, 3.8) is 0 Å². The van der Waals surface area contributed by atoms with E-state index in [1.54, 1.807) is 17.0 Å². The van der Waals surface area contributed by atoms with Crippen LogP contribution in [-0.4, -0.2) is 42.3 Å². The van der Waals surface area contributed by atoms with Gasteiger partial charge in [-0.15, -0.1) is 0 Å². The van der Waals surface area contributed by atoms with Crippen molar-refractivity contribution in [2.75, 3.05) is 26.4 Å². The molecular weight excluding hydrogens is 313 g/mol. The van der Waals surface area contributed by atoms with Gasteiger partial charge in [0.2, 0.25) is 5.91 Å². The number of amides is 1. The lowest BCUT2D eigenvalue weighted by Gasteiger charge is -2.29. The minimum atomic E-state index is -0.118. The molecule has 0 aliphatic carbocycles. The quantitative estimate of drug-likeness (QED) is 0.902. The number of halogens is 2. The number of aliphatic hydroxyl groups excluding tert-OH is 1. The van der Waals surface area contributed by atoms with E-state index in [1.807, 2.05) is 6.07 Å². The SMILES string of the molecule is O=C(C1CCCOC1)N(CCO)Cc1ccc(Cl)c(Cl)c1. The van der Waals surface area contributed by atoms with E-state index >= 15 is 0 Å². The Labute approximate surface area is 134 Å². The molecule has 4 nitrogen and oxygen atoms in total. The monoisotopic (exact) mass is 331 g/mol. The molecule has 0 radical (unpaired) electrons. The van der Waals surface area contributed by atoms with Gasteiger partial charge in [-0.1, -0.05) is 29.3 Å². The second kappa shape index (κ2) is 7.99. The van der Waals surface area contributed by atoms with Crippen LogP contribution in [0, 0.1) is 5.92 Å². The summed E-state index contributed by atoms with van der Waals surface area (Å²) in [6, 6.07) is 5.30. The van der Waals surface area contributed by atoms with Crippen molar-refractivity contribution in [2.24, 2.45) is 5.92 Å². The predicted molar refractivity (Wildman–Crippen MR) is 82.5 cm³/mol. The van der Waals surface area contributed by atoms with Crippen LogP contribution in [0.1, 0.15) is 18.4 Å². The van der Waals surface area contributed by atoms with Gasteiger partial charge in [0.25, 0.3) is 0 Å². The molecule has 1 unspecified atom stereocenters. The summed E-state index contributed by atoms with van der Waals surface area (Å²) in [7, 11) is 0. The lowest BCUT2D eigenvalue weighted by Crippen LogP contribution is -2.40. The Morgan fingerprint density at radius 1 is 1.38 bits per heavy atom. The second-order valence-electron chi connectivity index (χ2n) is 5.15. The van der Waals surface area contributed by atoms with Crippen molar-refractivity contribution < 1.29 is 14.6 Å². The van der Waals surface area contributed by atoms with E-state index in [9.17, 15) is 9.90 Å². The van der Waals surface area contributed by atoms with Crippen molar-refractivity contribution in [2.45, 2.75) is 19.4 Å². The first kappa shape index (κ1) is 16.6. The van der Waals surface area contributed by atoms with Crippen molar-refractivity contribution in [3.05, 3.63) is 33.8 Å². The fourth-order valence-corrected chi connectivity index (χ4v) is 2.76. The first-order valence-electron chi connectivity index (χ1n) is 7.03. The molecule has 0 bridgehead atoms. The summed E-state index contributed by atoms with van der Waals surface area (Å²) in [5, 5.41) is 10.1. The van der Waals surface area contributed by atoms with E-state index in [0.717, 1.165) is 25.0 Å². The standard InChI is InChI=1S/C15H19Cl2NO3/c16-13-4-3-11(8-14(13)17)9-18(5-6-19)15(20)12-2-1-7-21-10-12/h3-4,8,12,19H,1-2,5-7,9-10H2. The number of aliphatic hydroxyl groups is 1. The smallest absolute Gasteiger partial charge is 0.228 e. The molecular formula is C15H19Cl2NO3. The topological polar surface area (TPSA) is 49.8 Å². The van der Waals surface area contributed by atoms with Crippen molar-refractivity contribution in [3.8, 4) is 0 Å². The van der Waals surface area contributed by atoms with Crippen LogP contribution in [-0.2, 0) is 16.1 Å². The van der Waals surface area contributed by atoms with Gasteiger partial charge in [-0.25, -0.2) is 0 Å². The third-order valence-electron chi connectivity index (χ3n) is 3.55. The summed E-state index contributed by atoms with van der Waals surface area (Å²) in [4.78, 5) is 14.2. The molecule has 1 saturated heterocycles. The number of nitrogens with zero attached hydrogens (tertiary/aromatic N) is 1. The maximum absolute atomic E-state index is 12.5. The number of ether oxygens (including phenoxy) is 1. The number of hydrogen-bond donors (Lipinski definition) is 1. The fraction of sp³-hybridized carbons (Fsp3) is 0.533. The Kier molecular flexibility index (Phi) is 6.30. The van der Waals surface area contributed by atoms with Crippen molar-refractivity contribution >= 4 is 29.1 Å². The highest BCUT2D eigenvalue weighted by Gasteiger charge is 2.26. The van der Waals surface area contributed by atoms with E-state index in [2.05, 4.69) is 0 Å². The van der Waals surface area contributed by atoms with Crippen LogP contribution < -0.4 is 0 Å². The highest BCUT2D eigenvalue weighted by Crippen LogP contribution is 2.24. The van der Waals surface area contributed by atoms with E-state index in [0.29, 0.717) is 29.7 Å². The normalized spacial score (nSPS) is 18.5. The largest absolute Gasteiger partial charge is 0.395 e. The number of carbonyl (C=O) groups is 1. The average molecular weight is 332 g/mol. The third-order valence-corrected chi connectivity index (χ3v) is 4.29. The molecule has 2 rings (SSSR count). The zero-order valence-corrected chi connectivity index (χ0v) is 13.2. The molecule has 1 aliphatic rings. The van der Waals surface area contributed by atoms with Crippen LogP contribution in [0.25, 0.3) is 0 Å². The van der Waals surface area contributed by atoms with Gasteiger partial charge in [0.05, 0.1) is 29.2 Å². The molecule has 1 fully saturated rings. The molecule has 1 atom stereocenters. The zero-order valence-electron chi connectivity index (χ0n) is 11.7. The highest BCUT2D eigenvalue weighted by atomic mass is 35.5. The summed E-state index contributed by atoms with van der Waals surface area (Å²) in [5.41, 5.74) is 0.892. The lowest BCUT2D eigenvalue weighted by molar-refractivity contribution is -0.140. The zero-order chi connectivity index (χ0) is 15.2. The van der Waals surface area contributed by atoms with Gasteiger partial charge >= 0.3 is 0 Å². The summed E-state index contributed by atoms with van der Waals surface area (Å²) < 4.78 is 5.37. The molecule has 1 aromatic rings. The Hall–Kier alpha value is -0.810. The van der Waals surface area contributed by atoms with Crippen molar-refractivity contribution in [1.82, 2.24) is 4.90 Å². The maximum atomic E-state index is 12.5. The molecule has 21 heavy (non-hydrogen) atoms. The number of benzene rings is 1. The Balaban J connectivity index is 2.06. The number of carbonyl (C=O) groups excluding carboxylic acids is 1. The molecule has 1 aromatic carbocycles. The van der Waals surface area contributed by atoms with E-state index in [4.69, 9.17) is 27.9 Å². The van der Waals surface area contributed by atoms with Gasteiger partial charge in [0.1, 0.15) is 0 Å². The van der Waals surface area contributed by atoms with E-state index in [1.165, 1.54) is 0 Å². The van der Waals surface area contributed by atoms with Crippen LogP contribution in [0.15, 0.2) is 18.2 Å². The lowest BCUT2D eigenvalue weighted by atomic mass is 10.0. The fourth-order valence-electron chi connectivity index (χ4n) is 2.44. The highest BCUT2D eigenvalue weighted by molar-refractivity contribution is 6.42. The predicted octanol–water partition coefficient (Wildman–Crippen LogP) is 2.74.